The quantitative estimate of drug-likeness (QED) is 0.483. The summed E-state index contributed by atoms with van der Waals surface area (Å²) in [5, 5.41) is 10.9. The predicted molar refractivity (Wildman–Crippen MR) is 65.6 cm³/mol. The first kappa shape index (κ1) is 12.3. The zero-order valence-corrected chi connectivity index (χ0v) is 9.80. The van der Waals surface area contributed by atoms with Crippen LogP contribution in [-0.4, -0.2) is 18.5 Å². The summed E-state index contributed by atoms with van der Waals surface area (Å²) in [7, 11) is 1.84. The maximum Gasteiger partial charge on any atom is 0.315 e. The van der Waals surface area contributed by atoms with Gasteiger partial charge >= 0.3 is 5.69 Å². The Hall–Kier alpha value is -1.78. The van der Waals surface area contributed by atoms with Gasteiger partial charge in [0.25, 0.3) is 0 Å². The molecule has 5 heteroatoms. The van der Waals surface area contributed by atoms with Gasteiger partial charge in [-0.2, -0.15) is 0 Å². The highest BCUT2D eigenvalue weighted by atomic mass is 16.6. The number of nitrogens with two attached hydrogens (primary N) is 1. The molecule has 0 atom stereocenters. The summed E-state index contributed by atoms with van der Waals surface area (Å²) in [4.78, 5) is 12.4. The number of nitrogens with zero attached hydrogens (tertiary/aromatic N) is 2. The number of anilines is 2. The van der Waals surface area contributed by atoms with E-state index in [-0.39, 0.29) is 11.4 Å². The van der Waals surface area contributed by atoms with Crippen LogP contribution in [0.25, 0.3) is 0 Å². The van der Waals surface area contributed by atoms with Crippen LogP contribution in [0.4, 0.5) is 17.1 Å². The third kappa shape index (κ3) is 2.62. The minimum atomic E-state index is -0.429. The molecule has 1 aromatic carbocycles. The number of benzene rings is 1. The van der Waals surface area contributed by atoms with E-state index in [0.717, 1.165) is 6.54 Å². The lowest BCUT2D eigenvalue weighted by Crippen LogP contribution is -2.23. The topological polar surface area (TPSA) is 72.4 Å². The van der Waals surface area contributed by atoms with Gasteiger partial charge in [0.05, 0.1) is 4.92 Å². The van der Waals surface area contributed by atoms with E-state index in [1.807, 2.05) is 11.9 Å². The van der Waals surface area contributed by atoms with E-state index < -0.39 is 4.92 Å². The van der Waals surface area contributed by atoms with Crippen LogP contribution in [-0.2, 0) is 0 Å². The molecule has 0 unspecified atom stereocenters. The van der Waals surface area contributed by atoms with Crippen LogP contribution in [0.1, 0.15) is 13.8 Å². The molecule has 0 saturated carbocycles. The standard InChI is InChI=1S/C11H17N3O2/c1-8(2)7-13(3)10-6-4-5-9(12)11(10)14(15)16/h4-6,8H,7,12H2,1-3H3. The Balaban J connectivity index is 3.12. The molecule has 2 N–H and O–H groups in total. The molecule has 0 aliphatic carbocycles. The minimum Gasteiger partial charge on any atom is -0.393 e. The molecule has 0 aliphatic heterocycles. The molecule has 0 spiro atoms. The second kappa shape index (κ2) is 4.83. The maximum absolute atomic E-state index is 10.9. The van der Waals surface area contributed by atoms with Gasteiger partial charge in [-0.15, -0.1) is 0 Å². The molecule has 0 bridgehead atoms. The summed E-state index contributed by atoms with van der Waals surface area (Å²) in [6.07, 6.45) is 0. The van der Waals surface area contributed by atoms with Crippen LogP contribution in [0.5, 0.6) is 0 Å². The van der Waals surface area contributed by atoms with E-state index in [1.54, 1.807) is 18.2 Å². The zero-order valence-electron chi connectivity index (χ0n) is 9.80. The number of nitrogen functional groups attached to an aromatic ring is 1. The van der Waals surface area contributed by atoms with Crippen LogP contribution in [0.2, 0.25) is 0 Å². The molecule has 1 aromatic rings. The molecule has 1 rings (SSSR count). The first-order chi connectivity index (χ1) is 7.43. The van der Waals surface area contributed by atoms with Crippen molar-refractivity contribution < 1.29 is 4.92 Å². The summed E-state index contributed by atoms with van der Waals surface area (Å²) in [5.74, 6) is 0.436. The van der Waals surface area contributed by atoms with Crippen molar-refractivity contribution in [2.24, 2.45) is 5.92 Å². The lowest BCUT2D eigenvalue weighted by molar-refractivity contribution is -0.383. The van der Waals surface area contributed by atoms with Crippen molar-refractivity contribution in [1.82, 2.24) is 0 Å². The molecule has 0 aromatic heterocycles. The van der Waals surface area contributed by atoms with Crippen LogP contribution in [0, 0.1) is 16.0 Å². The average Bonchev–Trinajstić information content (AvgIpc) is 2.15. The van der Waals surface area contributed by atoms with E-state index in [1.165, 1.54) is 0 Å². The van der Waals surface area contributed by atoms with Crippen LogP contribution >= 0.6 is 0 Å². The van der Waals surface area contributed by atoms with Gasteiger partial charge in [0.2, 0.25) is 0 Å². The van der Waals surface area contributed by atoms with Gasteiger partial charge in [0.15, 0.2) is 0 Å². The monoisotopic (exact) mass is 223 g/mol. The Morgan fingerprint density at radius 3 is 2.62 bits per heavy atom. The first-order valence-electron chi connectivity index (χ1n) is 5.17. The molecular weight excluding hydrogens is 206 g/mol. The van der Waals surface area contributed by atoms with Crippen LogP contribution in [0.3, 0.4) is 0 Å². The predicted octanol–water partition coefficient (Wildman–Crippen LogP) is 2.27. The molecule has 16 heavy (non-hydrogen) atoms. The van der Waals surface area contributed by atoms with Crippen molar-refractivity contribution in [1.29, 1.82) is 0 Å². The van der Waals surface area contributed by atoms with E-state index in [9.17, 15) is 10.1 Å². The molecule has 0 radical (unpaired) electrons. The van der Waals surface area contributed by atoms with Crippen molar-refractivity contribution in [3.05, 3.63) is 28.3 Å². The summed E-state index contributed by atoms with van der Waals surface area (Å²) in [5.41, 5.74) is 6.39. The van der Waals surface area contributed by atoms with Crippen molar-refractivity contribution in [3.63, 3.8) is 0 Å². The number of nitro benzene ring substituents is 1. The molecule has 0 amide bonds. The number of rotatable bonds is 4. The molecular formula is C11H17N3O2. The smallest absolute Gasteiger partial charge is 0.315 e. The SMILES string of the molecule is CC(C)CN(C)c1cccc(N)c1[N+](=O)[O-]. The molecule has 0 aliphatic rings. The highest BCUT2D eigenvalue weighted by molar-refractivity contribution is 5.75. The normalized spacial score (nSPS) is 10.5. The fourth-order valence-corrected chi connectivity index (χ4v) is 1.70. The maximum atomic E-state index is 10.9. The number of hydrogen-bond acceptors (Lipinski definition) is 4. The Kier molecular flexibility index (Phi) is 3.71. The third-order valence-electron chi connectivity index (χ3n) is 2.28. The lowest BCUT2D eigenvalue weighted by atomic mass is 10.1. The number of nitro groups is 1. The number of para-hydroxylation sites is 1. The zero-order chi connectivity index (χ0) is 12.3. The molecule has 0 saturated heterocycles. The fourth-order valence-electron chi connectivity index (χ4n) is 1.70. The van der Waals surface area contributed by atoms with Gasteiger partial charge in [-0.1, -0.05) is 19.9 Å². The number of hydrogen-bond donors (Lipinski definition) is 1. The minimum absolute atomic E-state index is 0.00866. The summed E-state index contributed by atoms with van der Waals surface area (Å²) < 4.78 is 0. The lowest BCUT2D eigenvalue weighted by Gasteiger charge is -2.21. The van der Waals surface area contributed by atoms with E-state index in [2.05, 4.69) is 13.8 Å². The second-order valence-corrected chi connectivity index (χ2v) is 4.25. The van der Waals surface area contributed by atoms with Gasteiger partial charge in [0.1, 0.15) is 11.4 Å². The Labute approximate surface area is 95.0 Å². The Morgan fingerprint density at radius 2 is 2.12 bits per heavy atom. The van der Waals surface area contributed by atoms with Gasteiger partial charge < -0.3 is 10.6 Å². The van der Waals surface area contributed by atoms with Crippen molar-refractivity contribution in [3.8, 4) is 0 Å². The van der Waals surface area contributed by atoms with Gasteiger partial charge in [0, 0.05) is 13.6 Å². The van der Waals surface area contributed by atoms with Gasteiger partial charge in [-0.3, -0.25) is 10.1 Å². The molecule has 0 heterocycles. The largest absolute Gasteiger partial charge is 0.393 e. The van der Waals surface area contributed by atoms with Crippen LogP contribution in [0.15, 0.2) is 18.2 Å². The fraction of sp³-hybridized carbons (Fsp3) is 0.455. The Morgan fingerprint density at radius 1 is 1.50 bits per heavy atom. The molecule has 0 fully saturated rings. The molecule has 88 valence electrons. The first-order valence-corrected chi connectivity index (χ1v) is 5.17. The van der Waals surface area contributed by atoms with E-state index in [4.69, 9.17) is 5.73 Å². The summed E-state index contributed by atoms with van der Waals surface area (Å²) in [6.45, 7) is 4.88. The highest BCUT2D eigenvalue weighted by Crippen LogP contribution is 2.33. The summed E-state index contributed by atoms with van der Waals surface area (Å²) in [6, 6.07) is 5.00. The van der Waals surface area contributed by atoms with E-state index in [0.29, 0.717) is 11.6 Å². The molecule has 5 nitrogen and oxygen atoms in total. The van der Waals surface area contributed by atoms with E-state index >= 15 is 0 Å². The van der Waals surface area contributed by atoms with Crippen molar-refractivity contribution >= 4 is 17.1 Å². The second-order valence-electron chi connectivity index (χ2n) is 4.25. The van der Waals surface area contributed by atoms with Crippen LogP contribution < -0.4 is 10.6 Å². The Bertz CT molecular complexity index is 391. The average molecular weight is 223 g/mol. The van der Waals surface area contributed by atoms with Gasteiger partial charge in [-0.25, -0.2) is 0 Å². The van der Waals surface area contributed by atoms with Crippen molar-refractivity contribution in [2.75, 3.05) is 24.2 Å². The highest BCUT2D eigenvalue weighted by Gasteiger charge is 2.20. The van der Waals surface area contributed by atoms with Crippen molar-refractivity contribution in [2.45, 2.75) is 13.8 Å². The summed E-state index contributed by atoms with van der Waals surface area (Å²) >= 11 is 0. The third-order valence-corrected chi connectivity index (χ3v) is 2.28. The van der Waals surface area contributed by atoms with Gasteiger partial charge in [-0.05, 0) is 18.1 Å².